The molecule has 0 aromatic heterocycles. The van der Waals surface area contributed by atoms with Crippen LogP contribution in [0.1, 0.15) is 33.9 Å². The molecule has 2 heteroatoms. The molecule has 3 aliphatic carbocycles. The fourth-order valence-electron chi connectivity index (χ4n) is 4.19. The van der Waals surface area contributed by atoms with Crippen LogP contribution < -0.4 is 0 Å². The number of aryl methyl sites for hydroxylation is 2. The molecule has 1 aromatic rings. The number of fused-ring (bicyclic) bond motifs is 2. The van der Waals surface area contributed by atoms with Crippen molar-refractivity contribution in [3.63, 3.8) is 0 Å². The molecule has 3 aliphatic rings. The SMILES string of the molecule is CS(C)(C1C=CC=C1)S(C)(C)C1C=Cc2cc3c(cc21)CCC3. The van der Waals surface area contributed by atoms with E-state index in [1.807, 2.05) is 0 Å². The van der Waals surface area contributed by atoms with Gasteiger partial charge in [-0.2, -0.15) is 0 Å². The lowest BCUT2D eigenvalue weighted by Crippen LogP contribution is -2.20. The minimum absolute atomic E-state index is 0.635. The first-order valence-corrected chi connectivity index (χ1v) is 14.1. The standard InChI is InChI=1S/C21H28S2/c1-22(2,19-10-5-6-11-19)23(3,4)21-13-12-18-14-16-8-7-9-17(16)15-20(18)21/h5-6,10-15,19,21H,7-9H2,1-4H3. The lowest BCUT2D eigenvalue weighted by atomic mass is 10.0. The van der Waals surface area contributed by atoms with Crippen LogP contribution in [0.15, 0.2) is 42.5 Å². The van der Waals surface area contributed by atoms with Gasteiger partial charge in [0.1, 0.15) is 0 Å². The summed E-state index contributed by atoms with van der Waals surface area (Å²) in [6.45, 7) is 0. The highest BCUT2D eigenvalue weighted by Crippen LogP contribution is 2.83. The van der Waals surface area contributed by atoms with Crippen LogP contribution in [0.2, 0.25) is 0 Å². The molecular formula is C21H28S2. The molecule has 0 fully saturated rings. The van der Waals surface area contributed by atoms with Gasteiger partial charge >= 0.3 is 0 Å². The zero-order chi connectivity index (χ0) is 16.2. The van der Waals surface area contributed by atoms with Gasteiger partial charge in [-0.3, -0.25) is 0 Å². The third-order valence-corrected chi connectivity index (χ3v) is 19.5. The van der Waals surface area contributed by atoms with Crippen molar-refractivity contribution in [2.75, 3.05) is 25.0 Å². The fourth-order valence-corrected chi connectivity index (χ4v) is 11.7. The zero-order valence-electron chi connectivity index (χ0n) is 14.7. The second-order valence-corrected chi connectivity index (χ2v) is 19.2. The molecule has 0 saturated carbocycles. The van der Waals surface area contributed by atoms with E-state index in [4.69, 9.17) is 0 Å². The molecule has 0 N–H and O–H groups in total. The summed E-state index contributed by atoms with van der Waals surface area (Å²) in [5.74, 6) is 0. The van der Waals surface area contributed by atoms with Crippen molar-refractivity contribution in [1.29, 1.82) is 0 Å². The number of hydrogen-bond donors (Lipinski definition) is 0. The monoisotopic (exact) mass is 344 g/mol. The Balaban J connectivity index is 1.74. The molecule has 1 aromatic carbocycles. The van der Waals surface area contributed by atoms with E-state index in [0.717, 1.165) is 0 Å². The Labute approximate surface area is 143 Å². The van der Waals surface area contributed by atoms with Crippen molar-refractivity contribution in [2.24, 2.45) is 0 Å². The minimum atomic E-state index is -0.758. The van der Waals surface area contributed by atoms with E-state index < -0.39 is 18.1 Å². The van der Waals surface area contributed by atoms with Crippen molar-refractivity contribution in [3.05, 3.63) is 64.8 Å². The van der Waals surface area contributed by atoms with Gasteiger partial charge in [0.15, 0.2) is 0 Å². The Morgan fingerprint density at radius 1 is 0.826 bits per heavy atom. The van der Waals surface area contributed by atoms with Gasteiger partial charge in [-0.05, 0) is 66.5 Å². The second-order valence-electron chi connectivity index (χ2n) is 7.74. The first-order valence-electron chi connectivity index (χ1n) is 8.54. The molecule has 0 bridgehead atoms. The van der Waals surface area contributed by atoms with Gasteiger partial charge < -0.3 is 0 Å². The highest BCUT2D eigenvalue weighted by molar-refractivity contribution is 9.07. The van der Waals surface area contributed by atoms with E-state index in [1.54, 1.807) is 16.7 Å². The van der Waals surface area contributed by atoms with Crippen molar-refractivity contribution in [1.82, 2.24) is 0 Å². The van der Waals surface area contributed by atoms with E-state index in [1.165, 1.54) is 24.8 Å². The molecular weight excluding hydrogens is 316 g/mol. The molecule has 0 nitrogen and oxygen atoms in total. The third-order valence-electron chi connectivity index (χ3n) is 6.14. The summed E-state index contributed by atoms with van der Waals surface area (Å²) in [5.41, 5.74) is 6.36. The lowest BCUT2D eigenvalue weighted by molar-refractivity contribution is 0.911. The summed E-state index contributed by atoms with van der Waals surface area (Å²) in [7, 11) is -1.48. The average Bonchev–Trinajstić information content (AvgIpc) is 3.24. The number of benzene rings is 1. The van der Waals surface area contributed by atoms with E-state index in [2.05, 4.69) is 73.6 Å². The van der Waals surface area contributed by atoms with Gasteiger partial charge in [0.2, 0.25) is 0 Å². The van der Waals surface area contributed by atoms with E-state index in [0.29, 0.717) is 10.5 Å². The highest BCUT2D eigenvalue weighted by Gasteiger charge is 2.41. The summed E-state index contributed by atoms with van der Waals surface area (Å²) in [6, 6.07) is 5.05. The maximum absolute atomic E-state index is 2.58. The van der Waals surface area contributed by atoms with E-state index in [9.17, 15) is 0 Å². The second kappa shape index (κ2) is 5.32. The molecule has 0 amide bonds. The Morgan fingerprint density at radius 3 is 2.17 bits per heavy atom. The third kappa shape index (κ3) is 2.29. The highest BCUT2D eigenvalue weighted by atomic mass is 33.2. The van der Waals surface area contributed by atoms with Crippen LogP contribution >= 0.6 is 18.1 Å². The topological polar surface area (TPSA) is 0 Å². The van der Waals surface area contributed by atoms with Crippen LogP contribution in [0.3, 0.4) is 0 Å². The number of hydrogen-bond acceptors (Lipinski definition) is 0. The van der Waals surface area contributed by atoms with Crippen molar-refractivity contribution in [2.45, 2.75) is 29.8 Å². The first kappa shape index (κ1) is 15.7. The van der Waals surface area contributed by atoms with Crippen LogP contribution in [0.4, 0.5) is 0 Å². The number of rotatable bonds is 3. The van der Waals surface area contributed by atoms with Gasteiger partial charge in [-0.25, -0.2) is 18.1 Å². The first-order chi connectivity index (χ1) is 10.9. The van der Waals surface area contributed by atoms with Crippen LogP contribution in [0, 0.1) is 0 Å². The smallest absolute Gasteiger partial charge is 0.0394 e. The molecule has 1 unspecified atom stereocenters. The molecule has 0 radical (unpaired) electrons. The van der Waals surface area contributed by atoms with E-state index >= 15 is 0 Å². The largest absolute Gasteiger partial charge is 0.205 e. The molecule has 0 saturated heterocycles. The minimum Gasteiger partial charge on any atom is -0.205 e. The van der Waals surface area contributed by atoms with Crippen molar-refractivity contribution in [3.8, 4) is 0 Å². The van der Waals surface area contributed by atoms with E-state index in [-0.39, 0.29) is 0 Å². The summed E-state index contributed by atoms with van der Waals surface area (Å²) in [4.78, 5) is 0. The fraction of sp³-hybridized carbons (Fsp3) is 0.429. The molecule has 23 heavy (non-hydrogen) atoms. The Kier molecular flexibility index (Phi) is 3.62. The molecule has 0 aliphatic heterocycles. The Hall–Kier alpha value is -0.860. The van der Waals surface area contributed by atoms with Gasteiger partial charge in [0.05, 0.1) is 0 Å². The Bertz CT molecular complexity index is 722. The summed E-state index contributed by atoms with van der Waals surface area (Å²) >= 11 is 0. The van der Waals surface area contributed by atoms with Gasteiger partial charge in [0, 0.05) is 10.5 Å². The average molecular weight is 345 g/mol. The predicted octanol–water partition coefficient (Wildman–Crippen LogP) is 5.78. The summed E-state index contributed by atoms with van der Waals surface area (Å²) < 4.78 is 0. The zero-order valence-corrected chi connectivity index (χ0v) is 16.3. The molecule has 0 heterocycles. The van der Waals surface area contributed by atoms with Gasteiger partial charge in [-0.1, -0.05) is 48.6 Å². The normalized spacial score (nSPS) is 24.3. The molecule has 0 spiro atoms. The van der Waals surface area contributed by atoms with Crippen LogP contribution in [0.5, 0.6) is 0 Å². The van der Waals surface area contributed by atoms with Crippen molar-refractivity contribution >= 4 is 24.2 Å². The molecule has 4 rings (SSSR count). The van der Waals surface area contributed by atoms with Crippen LogP contribution in [0.25, 0.3) is 6.08 Å². The summed E-state index contributed by atoms with van der Waals surface area (Å²) in [6.07, 6.45) is 28.4. The van der Waals surface area contributed by atoms with Crippen LogP contribution in [-0.2, 0) is 12.8 Å². The lowest BCUT2D eigenvalue weighted by Gasteiger charge is -2.57. The molecule has 1 atom stereocenters. The summed E-state index contributed by atoms with van der Waals surface area (Å²) in [5, 5.41) is 1.29. The maximum atomic E-state index is 2.58. The Morgan fingerprint density at radius 2 is 1.48 bits per heavy atom. The quantitative estimate of drug-likeness (QED) is 0.610. The number of allylic oxidation sites excluding steroid dienone is 2. The van der Waals surface area contributed by atoms with Gasteiger partial charge in [-0.15, -0.1) is 0 Å². The van der Waals surface area contributed by atoms with Crippen molar-refractivity contribution < 1.29 is 0 Å². The maximum Gasteiger partial charge on any atom is 0.0394 e. The van der Waals surface area contributed by atoms with Crippen LogP contribution in [-0.4, -0.2) is 30.3 Å². The molecule has 124 valence electrons. The predicted molar refractivity (Wildman–Crippen MR) is 111 cm³/mol. The van der Waals surface area contributed by atoms with Gasteiger partial charge in [0.25, 0.3) is 0 Å².